The maximum Gasteiger partial charge on any atom is 0.275 e. The van der Waals surface area contributed by atoms with E-state index in [0.717, 1.165) is 30.6 Å². The minimum Gasteiger partial charge on any atom is -0.629 e. The molecule has 34 heavy (non-hydrogen) atoms. The lowest BCUT2D eigenvalue weighted by atomic mass is 10.00. The molecule has 4 heterocycles. The van der Waals surface area contributed by atoms with Crippen LogP contribution in [0.5, 0.6) is 5.75 Å². The first-order chi connectivity index (χ1) is 16.7. The number of aromatic nitrogens is 3. The van der Waals surface area contributed by atoms with E-state index in [1.807, 2.05) is 18.5 Å². The number of quaternary nitrogens is 1. The van der Waals surface area contributed by atoms with Crippen molar-refractivity contribution in [3.05, 3.63) is 77.3 Å². The van der Waals surface area contributed by atoms with Crippen LogP contribution in [0.1, 0.15) is 34.1 Å². The average molecular weight is 460 g/mol. The number of carbonyl (C=O) groups excluding carboxylic acids is 1. The zero-order valence-electron chi connectivity index (χ0n) is 18.6. The molecule has 1 unspecified atom stereocenters. The Bertz CT molecular complexity index is 1170. The van der Waals surface area contributed by atoms with Crippen molar-refractivity contribution in [2.45, 2.75) is 18.9 Å². The van der Waals surface area contributed by atoms with Gasteiger partial charge in [0, 0.05) is 54.9 Å². The van der Waals surface area contributed by atoms with Crippen LogP contribution in [0.3, 0.4) is 0 Å². The Morgan fingerprint density at radius 3 is 2.88 bits per heavy atom. The van der Waals surface area contributed by atoms with Crippen LogP contribution in [0.15, 0.2) is 60.2 Å². The molecule has 0 saturated carbocycles. The molecule has 2 N–H and O–H groups in total. The van der Waals surface area contributed by atoms with E-state index in [-0.39, 0.29) is 16.9 Å². The van der Waals surface area contributed by atoms with Crippen LogP contribution in [0.4, 0.5) is 11.4 Å². The van der Waals surface area contributed by atoms with Gasteiger partial charge in [0.05, 0.1) is 37.9 Å². The van der Waals surface area contributed by atoms with Crippen LogP contribution in [-0.2, 0) is 6.42 Å². The summed E-state index contributed by atoms with van der Waals surface area (Å²) in [5, 5.41) is 15.6. The SMILES string of the molecule is O=C(Nc1c(O[C@H](CN2C=NCC2)c2cccnc2)ccc2c1CCC[NH+]2[O-])c1cnccn1. The molecule has 0 radical (unpaired) electrons. The Hall–Kier alpha value is -3.89. The fourth-order valence-corrected chi connectivity index (χ4v) is 4.24. The number of rotatable bonds is 7. The van der Waals surface area contributed by atoms with Crippen LogP contribution in [0, 0.1) is 5.21 Å². The standard InChI is InChI=1S/C24H25N7O3/c32-24(19-14-26-8-9-28-19)29-23-18-4-2-11-31(33)20(18)5-6-21(23)34-22(15-30-12-10-27-16-30)17-3-1-7-25-13-17/h1,3,5-9,13-14,16,22,31H,2,4,10-12,15H2,(H,29,32)/t22-/m1/s1. The Morgan fingerprint density at radius 1 is 1.21 bits per heavy atom. The maximum absolute atomic E-state index is 13.0. The summed E-state index contributed by atoms with van der Waals surface area (Å²) >= 11 is 0. The summed E-state index contributed by atoms with van der Waals surface area (Å²) in [5.74, 6) is 0.0876. The number of hydrogen-bond donors (Lipinski definition) is 2. The van der Waals surface area contributed by atoms with E-state index >= 15 is 0 Å². The Morgan fingerprint density at radius 2 is 2.12 bits per heavy atom. The maximum atomic E-state index is 13.0. The molecule has 2 aromatic heterocycles. The van der Waals surface area contributed by atoms with E-state index in [2.05, 4.69) is 30.2 Å². The largest absolute Gasteiger partial charge is 0.629 e. The summed E-state index contributed by atoms with van der Waals surface area (Å²) in [6.07, 6.45) is 10.7. The summed E-state index contributed by atoms with van der Waals surface area (Å²) in [4.78, 5) is 31.7. The summed E-state index contributed by atoms with van der Waals surface area (Å²) in [6, 6.07) is 7.38. The molecule has 1 amide bonds. The first-order valence-electron chi connectivity index (χ1n) is 11.3. The fraction of sp³-hybridized carbons (Fsp3) is 0.292. The molecule has 10 nitrogen and oxygen atoms in total. The van der Waals surface area contributed by atoms with Crippen molar-refractivity contribution in [3.8, 4) is 5.75 Å². The third kappa shape index (κ3) is 4.73. The van der Waals surface area contributed by atoms with Gasteiger partial charge in [0.1, 0.15) is 23.2 Å². The summed E-state index contributed by atoms with van der Waals surface area (Å²) in [6.45, 7) is 2.63. The first-order valence-corrected chi connectivity index (χ1v) is 11.3. The molecule has 10 heteroatoms. The van der Waals surface area contributed by atoms with Gasteiger partial charge in [-0.15, -0.1) is 0 Å². The van der Waals surface area contributed by atoms with E-state index in [0.29, 0.717) is 36.6 Å². The molecule has 2 aliphatic heterocycles. The molecular formula is C24H25N7O3. The number of amides is 1. The number of benzene rings is 1. The summed E-state index contributed by atoms with van der Waals surface area (Å²) < 4.78 is 6.53. The number of nitrogens with zero attached hydrogens (tertiary/aromatic N) is 5. The number of ether oxygens (including phenoxy) is 1. The highest BCUT2D eigenvalue weighted by atomic mass is 16.5. The van der Waals surface area contributed by atoms with Crippen LogP contribution < -0.4 is 15.1 Å². The first kappa shape index (κ1) is 21.9. The van der Waals surface area contributed by atoms with E-state index in [9.17, 15) is 10.0 Å². The number of fused-ring (bicyclic) bond motifs is 1. The fourth-order valence-electron chi connectivity index (χ4n) is 4.24. The molecule has 174 valence electrons. The highest BCUT2D eigenvalue weighted by Crippen LogP contribution is 2.37. The second-order valence-corrected chi connectivity index (χ2v) is 8.20. The number of hydroxylamine groups is 1. The monoisotopic (exact) mass is 459 g/mol. The lowest BCUT2D eigenvalue weighted by molar-refractivity contribution is -0.779. The number of carbonyl (C=O) groups is 1. The van der Waals surface area contributed by atoms with Gasteiger partial charge in [0.15, 0.2) is 0 Å². The minimum atomic E-state index is -0.408. The van der Waals surface area contributed by atoms with Crippen molar-refractivity contribution in [1.82, 2.24) is 19.9 Å². The second kappa shape index (κ2) is 9.94. The van der Waals surface area contributed by atoms with Crippen molar-refractivity contribution < 1.29 is 14.6 Å². The number of aliphatic imine (C=N–C) groups is 1. The van der Waals surface area contributed by atoms with Crippen molar-refractivity contribution >= 4 is 23.6 Å². The summed E-state index contributed by atoms with van der Waals surface area (Å²) in [5.41, 5.74) is 3.01. The van der Waals surface area contributed by atoms with Gasteiger partial charge in [-0.2, -0.15) is 0 Å². The molecule has 1 aromatic carbocycles. The van der Waals surface area contributed by atoms with Crippen molar-refractivity contribution in [3.63, 3.8) is 0 Å². The quantitative estimate of drug-likeness (QED) is 0.514. The Labute approximate surface area is 196 Å². The predicted octanol–water partition coefficient (Wildman–Crippen LogP) is 1.55. The van der Waals surface area contributed by atoms with Crippen molar-refractivity contribution in [2.75, 3.05) is 31.5 Å². The topological polar surface area (TPSA) is 120 Å². The molecule has 3 aromatic rings. The van der Waals surface area contributed by atoms with Gasteiger partial charge in [-0.3, -0.25) is 19.8 Å². The lowest BCUT2D eigenvalue weighted by Crippen LogP contribution is -3.03. The van der Waals surface area contributed by atoms with Crippen molar-refractivity contribution in [1.29, 1.82) is 0 Å². The third-order valence-electron chi connectivity index (χ3n) is 5.93. The predicted molar refractivity (Wildman–Crippen MR) is 126 cm³/mol. The van der Waals surface area contributed by atoms with Gasteiger partial charge in [-0.25, -0.2) is 4.98 Å². The zero-order valence-corrected chi connectivity index (χ0v) is 18.6. The molecule has 0 bridgehead atoms. The van der Waals surface area contributed by atoms with Gasteiger partial charge < -0.3 is 25.2 Å². The van der Waals surface area contributed by atoms with Crippen LogP contribution in [0.25, 0.3) is 0 Å². The van der Waals surface area contributed by atoms with Crippen LogP contribution in [0.2, 0.25) is 0 Å². The molecule has 0 spiro atoms. The second-order valence-electron chi connectivity index (χ2n) is 8.20. The Balaban J connectivity index is 1.51. The van der Waals surface area contributed by atoms with Gasteiger partial charge in [0.2, 0.25) is 0 Å². The molecule has 0 fully saturated rings. The highest BCUT2D eigenvalue weighted by Gasteiger charge is 2.27. The van der Waals surface area contributed by atoms with Crippen LogP contribution in [-0.4, -0.2) is 58.3 Å². The van der Waals surface area contributed by atoms with E-state index in [1.165, 1.54) is 18.6 Å². The zero-order chi connectivity index (χ0) is 23.3. The Kier molecular flexibility index (Phi) is 6.41. The van der Waals surface area contributed by atoms with E-state index < -0.39 is 5.91 Å². The van der Waals surface area contributed by atoms with Gasteiger partial charge in [-0.05, 0) is 18.6 Å². The van der Waals surface area contributed by atoms with Gasteiger partial charge >= 0.3 is 0 Å². The third-order valence-corrected chi connectivity index (χ3v) is 5.93. The minimum absolute atomic E-state index is 0.0693. The lowest BCUT2D eigenvalue weighted by Gasteiger charge is -2.31. The number of nitrogens with one attached hydrogen (secondary N) is 2. The molecule has 0 aliphatic carbocycles. The van der Waals surface area contributed by atoms with Crippen molar-refractivity contribution in [2.24, 2.45) is 4.99 Å². The molecule has 0 saturated heterocycles. The molecule has 2 aliphatic rings. The van der Waals surface area contributed by atoms with E-state index in [4.69, 9.17) is 4.74 Å². The van der Waals surface area contributed by atoms with E-state index in [1.54, 1.807) is 24.5 Å². The van der Waals surface area contributed by atoms with Gasteiger partial charge in [0.25, 0.3) is 5.91 Å². The molecule has 2 atom stereocenters. The smallest absolute Gasteiger partial charge is 0.275 e. The van der Waals surface area contributed by atoms with Crippen LogP contribution >= 0.6 is 0 Å². The van der Waals surface area contributed by atoms with Gasteiger partial charge in [-0.1, -0.05) is 6.07 Å². The number of anilines is 1. The number of hydrogen-bond acceptors (Lipinski definition) is 8. The summed E-state index contributed by atoms with van der Waals surface area (Å²) in [7, 11) is 0. The normalized spacial score (nSPS) is 17.8. The molecule has 5 rings (SSSR count). The highest BCUT2D eigenvalue weighted by molar-refractivity contribution is 6.04. The average Bonchev–Trinajstić information content (AvgIpc) is 3.39. The molecular weight excluding hydrogens is 434 g/mol. The number of pyridine rings is 1.